The number of aromatic nitrogens is 2. The molecule has 0 unspecified atom stereocenters. The SMILES string of the molecule is CC(C)C[C@@H](C)Nc1cnn(C)c1. The van der Waals surface area contributed by atoms with Gasteiger partial charge in [0.25, 0.3) is 0 Å². The monoisotopic (exact) mass is 181 g/mol. The van der Waals surface area contributed by atoms with E-state index in [1.54, 1.807) is 0 Å². The van der Waals surface area contributed by atoms with Gasteiger partial charge >= 0.3 is 0 Å². The third-order valence-electron chi connectivity index (χ3n) is 1.94. The Hall–Kier alpha value is -0.990. The minimum absolute atomic E-state index is 0.518. The van der Waals surface area contributed by atoms with E-state index in [1.807, 2.05) is 24.1 Å². The molecule has 1 aromatic rings. The number of rotatable bonds is 4. The molecule has 0 aliphatic heterocycles. The number of aryl methyl sites for hydroxylation is 1. The van der Waals surface area contributed by atoms with Crippen LogP contribution in [0.2, 0.25) is 0 Å². The van der Waals surface area contributed by atoms with E-state index < -0.39 is 0 Å². The first-order valence-corrected chi connectivity index (χ1v) is 4.83. The highest BCUT2D eigenvalue weighted by Crippen LogP contribution is 2.11. The van der Waals surface area contributed by atoms with Gasteiger partial charge in [0.1, 0.15) is 0 Å². The van der Waals surface area contributed by atoms with Crippen molar-refractivity contribution in [1.29, 1.82) is 0 Å². The van der Waals surface area contributed by atoms with Crippen LogP contribution in [0.5, 0.6) is 0 Å². The molecule has 0 aromatic carbocycles. The summed E-state index contributed by atoms with van der Waals surface area (Å²) in [7, 11) is 1.93. The molecule has 13 heavy (non-hydrogen) atoms. The first-order chi connectivity index (χ1) is 6.08. The van der Waals surface area contributed by atoms with Gasteiger partial charge in [-0.15, -0.1) is 0 Å². The number of nitrogens with zero attached hydrogens (tertiary/aromatic N) is 2. The predicted octanol–water partition coefficient (Wildman–Crippen LogP) is 2.27. The number of hydrogen-bond acceptors (Lipinski definition) is 2. The molecule has 0 saturated carbocycles. The van der Waals surface area contributed by atoms with Crippen LogP contribution in [0.15, 0.2) is 12.4 Å². The highest BCUT2D eigenvalue weighted by atomic mass is 15.3. The first kappa shape index (κ1) is 10.1. The standard InChI is InChI=1S/C10H19N3/c1-8(2)5-9(3)12-10-6-11-13(4)7-10/h6-9,12H,5H2,1-4H3/t9-/m1/s1. The van der Waals surface area contributed by atoms with E-state index in [4.69, 9.17) is 0 Å². The lowest BCUT2D eigenvalue weighted by Gasteiger charge is -2.15. The van der Waals surface area contributed by atoms with Crippen molar-refractivity contribution < 1.29 is 0 Å². The molecule has 1 atom stereocenters. The largest absolute Gasteiger partial charge is 0.380 e. The molecular weight excluding hydrogens is 162 g/mol. The molecule has 1 aromatic heterocycles. The Kier molecular flexibility index (Phi) is 3.34. The van der Waals surface area contributed by atoms with Gasteiger partial charge in [-0.25, -0.2) is 0 Å². The second-order valence-corrected chi connectivity index (χ2v) is 4.08. The summed E-state index contributed by atoms with van der Waals surface area (Å²) in [5, 5.41) is 7.51. The van der Waals surface area contributed by atoms with Crippen molar-refractivity contribution >= 4 is 5.69 Å². The molecule has 1 heterocycles. The molecule has 0 saturated heterocycles. The zero-order chi connectivity index (χ0) is 9.84. The minimum Gasteiger partial charge on any atom is -0.380 e. The summed E-state index contributed by atoms with van der Waals surface area (Å²) in [6.45, 7) is 6.68. The van der Waals surface area contributed by atoms with E-state index in [0.29, 0.717) is 6.04 Å². The van der Waals surface area contributed by atoms with Gasteiger partial charge in [-0.05, 0) is 19.3 Å². The molecule has 0 fully saturated rings. The molecule has 3 heteroatoms. The van der Waals surface area contributed by atoms with Gasteiger partial charge in [0.05, 0.1) is 11.9 Å². The molecule has 74 valence electrons. The van der Waals surface area contributed by atoms with Crippen LogP contribution in [0, 0.1) is 5.92 Å². The van der Waals surface area contributed by atoms with E-state index in [0.717, 1.165) is 11.6 Å². The van der Waals surface area contributed by atoms with Gasteiger partial charge in [0.15, 0.2) is 0 Å². The maximum atomic E-state index is 4.10. The van der Waals surface area contributed by atoms with E-state index >= 15 is 0 Å². The number of hydrogen-bond donors (Lipinski definition) is 1. The Balaban J connectivity index is 2.40. The van der Waals surface area contributed by atoms with E-state index in [9.17, 15) is 0 Å². The summed E-state index contributed by atoms with van der Waals surface area (Å²) >= 11 is 0. The van der Waals surface area contributed by atoms with Crippen LogP contribution in [0.3, 0.4) is 0 Å². The van der Waals surface area contributed by atoms with Crippen molar-refractivity contribution in [3.05, 3.63) is 12.4 Å². The Morgan fingerprint density at radius 2 is 2.15 bits per heavy atom. The van der Waals surface area contributed by atoms with Gasteiger partial charge in [-0.3, -0.25) is 4.68 Å². The maximum Gasteiger partial charge on any atom is 0.0728 e. The summed E-state index contributed by atoms with van der Waals surface area (Å²) in [5.74, 6) is 0.735. The van der Waals surface area contributed by atoms with Crippen LogP contribution < -0.4 is 5.32 Å². The zero-order valence-corrected chi connectivity index (χ0v) is 8.91. The fourth-order valence-corrected chi connectivity index (χ4v) is 1.55. The second-order valence-electron chi connectivity index (χ2n) is 4.08. The summed E-state index contributed by atoms with van der Waals surface area (Å²) in [5.41, 5.74) is 1.11. The van der Waals surface area contributed by atoms with E-state index in [-0.39, 0.29) is 0 Å². The molecule has 0 amide bonds. The lowest BCUT2D eigenvalue weighted by molar-refractivity contribution is 0.540. The highest BCUT2D eigenvalue weighted by molar-refractivity contribution is 5.38. The van der Waals surface area contributed by atoms with Crippen LogP contribution in [-0.4, -0.2) is 15.8 Å². The molecule has 0 bridgehead atoms. The lowest BCUT2D eigenvalue weighted by Crippen LogP contribution is -2.16. The minimum atomic E-state index is 0.518. The Morgan fingerprint density at radius 1 is 1.46 bits per heavy atom. The van der Waals surface area contributed by atoms with Crippen LogP contribution in [-0.2, 0) is 7.05 Å². The van der Waals surface area contributed by atoms with Crippen LogP contribution in [0.1, 0.15) is 27.2 Å². The van der Waals surface area contributed by atoms with Crippen LogP contribution in [0.25, 0.3) is 0 Å². The van der Waals surface area contributed by atoms with Gasteiger partial charge in [0.2, 0.25) is 0 Å². The van der Waals surface area contributed by atoms with Crippen molar-refractivity contribution in [2.45, 2.75) is 33.2 Å². The van der Waals surface area contributed by atoms with Crippen molar-refractivity contribution in [2.24, 2.45) is 13.0 Å². The zero-order valence-electron chi connectivity index (χ0n) is 8.91. The van der Waals surface area contributed by atoms with Crippen LogP contribution in [0.4, 0.5) is 5.69 Å². The average molecular weight is 181 g/mol. The molecule has 0 aliphatic carbocycles. The van der Waals surface area contributed by atoms with Crippen molar-refractivity contribution in [3.63, 3.8) is 0 Å². The summed E-state index contributed by atoms with van der Waals surface area (Å²) in [4.78, 5) is 0. The molecule has 0 spiro atoms. The second kappa shape index (κ2) is 4.30. The predicted molar refractivity (Wildman–Crippen MR) is 55.7 cm³/mol. The van der Waals surface area contributed by atoms with Gasteiger partial charge in [-0.1, -0.05) is 13.8 Å². The quantitative estimate of drug-likeness (QED) is 0.772. The molecule has 0 aliphatic rings. The highest BCUT2D eigenvalue weighted by Gasteiger charge is 2.05. The molecule has 1 rings (SSSR count). The number of anilines is 1. The fraction of sp³-hybridized carbons (Fsp3) is 0.700. The normalized spacial score (nSPS) is 13.3. The van der Waals surface area contributed by atoms with Gasteiger partial charge in [-0.2, -0.15) is 5.10 Å². The first-order valence-electron chi connectivity index (χ1n) is 4.83. The molecule has 0 radical (unpaired) electrons. The van der Waals surface area contributed by atoms with Gasteiger partial charge < -0.3 is 5.32 Å². The average Bonchev–Trinajstić information content (AvgIpc) is 2.33. The smallest absolute Gasteiger partial charge is 0.0728 e. The van der Waals surface area contributed by atoms with Crippen molar-refractivity contribution in [2.75, 3.05) is 5.32 Å². The van der Waals surface area contributed by atoms with Crippen molar-refractivity contribution in [1.82, 2.24) is 9.78 Å². The Bertz CT molecular complexity index is 252. The summed E-state index contributed by atoms with van der Waals surface area (Å²) in [6, 6.07) is 0.518. The molecule has 1 N–H and O–H groups in total. The van der Waals surface area contributed by atoms with Crippen molar-refractivity contribution in [3.8, 4) is 0 Å². The van der Waals surface area contributed by atoms with Gasteiger partial charge in [0, 0.05) is 19.3 Å². The summed E-state index contributed by atoms with van der Waals surface area (Å²) in [6.07, 6.45) is 5.04. The number of nitrogens with one attached hydrogen (secondary N) is 1. The third kappa shape index (κ3) is 3.49. The fourth-order valence-electron chi connectivity index (χ4n) is 1.55. The van der Waals surface area contributed by atoms with E-state index in [1.165, 1.54) is 6.42 Å². The lowest BCUT2D eigenvalue weighted by atomic mass is 10.1. The maximum absolute atomic E-state index is 4.10. The van der Waals surface area contributed by atoms with Crippen LogP contribution >= 0.6 is 0 Å². The molecular formula is C10H19N3. The summed E-state index contributed by atoms with van der Waals surface area (Å²) < 4.78 is 1.81. The molecule has 3 nitrogen and oxygen atoms in total. The Morgan fingerprint density at radius 3 is 2.62 bits per heavy atom. The van der Waals surface area contributed by atoms with E-state index in [2.05, 4.69) is 31.2 Å². The topological polar surface area (TPSA) is 29.9 Å². The Labute approximate surface area is 80.1 Å². The third-order valence-corrected chi connectivity index (χ3v) is 1.94.